The highest BCUT2D eigenvalue weighted by Crippen LogP contribution is 2.26. The smallest absolute Gasteiger partial charge is 0.207 e. The van der Waals surface area contributed by atoms with Crippen LogP contribution < -0.4 is 0 Å². The lowest BCUT2D eigenvalue weighted by Crippen LogP contribution is -2.40. The van der Waals surface area contributed by atoms with E-state index < -0.39 is 10.0 Å². The zero-order valence-corrected chi connectivity index (χ0v) is 17.5. The molecule has 0 N–H and O–H groups in total. The number of benzene rings is 2. The predicted octanol–water partition coefficient (Wildman–Crippen LogP) is 5.39. The molecule has 4 heteroatoms. The Balaban J connectivity index is 1.85. The van der Waals surface area contributed by atoms with Gasteiger partial charge in [0.25, 0.3) is 0 Å². The molecule has 3 rings (SSSR count). The molecule has 0 radical (unpaired) electrons. The van der Waals surface area contributed by atoms with E-state index in [-0.39, 0.29) is 18.5 Å². The molecule has 2 aromatic rings. The van der Waals surface area contributed by atoms with Crippen LogP contribution in [0, 0.1) is 12.8 Å². The Morgan fingerprint density at radius 1 is 1.03 bits per heavy atom. The fourth-order valence-electron chi connectivity index (χ4n) is 3.38. The highest BCUT2D eigenvalue weighted by atomic mass is 32.2. The molecule has 0 saturated carbocycles. The van der Waals surface area contributed by atoms with Crippen molar-refractivity contribution in [1.29, 1.82) is 0 Å². The maximum absolute atomic E-state index is 13.3. The van der Waals surface area contributed by atoms with Crippen LogP contribution in [-0.2, 0) is 10.0 Å². The zero-order chi connectivity index (χ0) is 20.7. The maximum Gasteiger partial charge on any atom is 0.243 e. The van der Waals surface area contributed by atoms with Crippen molar-refractivity contribution in [2.75, 3.05) is 6.54 Å². The SMILES string of the molecule is C=CCN([C@H]1C=CC=C[C@@H](/C=C/c2ccccc2)C1)S(=O)(=O)c1ccc(C)cc1. The molecule has 0 aromatic heterocycles. The van der Waals surface area contributed by atoms with Crippen LogP contribution in [-0.4, -0.2) is 25.3 Å². The molecule has 1 aliphatic rings. The quantitative estimate of drug-likeness (QED) is 0.580. The maximum atomic E-state index is 13.3. The van der Waals surface area contributed by atoms with Crippen LogP contribution in [0.3, 0.4) is 0 Å². The van der Waals surface area contributed by atoms with E-state index in [1.807, 2.05) is 55.5 Å². The Bertz CT molecular complexity index is 1000. The molecule has 150 valence electrons. The molecule has 0 bridgehead atoms. The molecule has 0 amide bonds. The molecule has 0 fully saturated rings. The van der Waals surface area contributed by atoms with Crippen molar-refractivity contribution < 1.29 is 8.42 Å². The number of hydrogen-bond acceptors (Lipinski definition) is 2. The van der Waals surface area contributed by atoms with Crippen LogP contribution in [0.25, 0.3) is 6.08 Å². The predicted molar refractivity (Wildman–Crippen MR) is 121 cm³/mol. The van der Waals surface area contributed by atoms with Gasteiger partial charge in [-0.05, 0) is 37.0 Å². The Morgan fingerprint density at radius 3 is 2.41 bits per heavy atom. The van der Waals surface area contributed by atoms with E-state index in [9.17, 15) is 8.42 Å². The van der Waals surface area contributed by atoms with Gasteiger partial charge in [-0.3, -0.25) is 0 Å². The molecular formula is C25H27NO2S. The van der Waals surface area contributed by atoms with Gasteiger partial charge in [-0.1, -0.05) is 90.6 Å². The van der Waals surface area contributed by atoms with Gasteiger partial charge in [0.15, 0.2) is 0 Å². The van der Waals surface area contributed by atoms with Crippen molar-refractivity contribution in [1.82, 2.24) is 4.31 Å². The Kier molecular flexibility index (Phi) is 7.02. The summed E-state index contributed by atoms with van der Waals surface area (Å²) in [5.74, 6) is 0.135. The largest absolute Gasteiger partial charge is 0.243 e. The topological polar surface area (TPSA) is 37.4 Å². The van der Waals surface area contributed by atoms with Crippen molar-refractivity contribution in [2.45, 2.75) is 24.3 Å². The normalized spacial score (nSPS) is 19.5. The molecule has 1 aliphatic carbocycles. The highest BCUT2D eigenvalue weighted by molar-refractivity contribution is 7.89. The van der Waals surface area contributed by atoms with E-state index in [1.54, 1.807) is 18.2 Å². The van der Waals surface area contributed by atoms with E-state index in [4.69, 9.17) is 0 Å². The summed E-state index contributed by atoms with van der Waals surface area (Å²) in [4.78, 5) is 0.312. The number of aryl methyl sites for hydroxylation is 1. The summed E-state index contributed by atoms with van der Waals surface area (Å²) in [5, 5.41) is 0. The van der Waals surface area contributed by atoms with Crippen molar-refractivity contribution in [3.8, 4) is 0 Å². The molecule has 0 spiro atoms. The van der Waals surface area contributed by atoms with Gasteiger partial charge in [0.05, 0.1) is 4.90 Å². The first-order chi connectivity index (χ1) is 14.0. The van der Waals surface area contributed by atoms with Gasteiger partial charge in [0, 0.05) is 12.6 Å². The number of hydrogen-bond donors (Lipinski definition) is 0. The fraction of sp³-hybridized carbons (Fsp3) is 0.200. The first-order valence-electron chi connectivity index (χ1n) is 9.78. The summed E-state index contributed by atoms with van der Waals surface area (Å²) in [5.41, 5.74) is 2.16. The fourth-order valence-corrected chi connectivity index (χ4v) is 4.94. The Labute approximate surface area is 174 Å². The van der Waals surface area contributed by atoms with Crippen LogP contribution in [0.2, 0.25) is 0 Å². The third-order valence-corrected chi connectivity index (χ3v) is 6.86. The van der Waals surface area contributed by atoms with Gasteiger partial charge < -0.3 is 0 Å². The van der Waals surface area contributed by atoms with Gasteiger partial charge in [-0.2, -0.15) is 4.31 Å². The molecule has 2 aromatic carbocycles. The lowest BCUT2D eigenvalue weighted by atomic mass is 9.99. The average Bonchev–Trinajstić information content (AvgIpc) is 2.97. The Morgan fingerprint density at radius 2 is 1.72 bits per heavy atom. The van der Waals surface area contributed by atoms with Crippen molar-refractivity contribution in [2.24, 2.45) is 5.92 Å². The number of nitrogens with zero attached hydrogens (tertiary/aromatic N) is 1. The first-order valence-corrected chi connectivity index (χ1v) is 11.2. The molecule has 0 aliphatic heterocycles. The van der Waals surface area contributed by atoms with Gasteiger partial charge in [0.1, 0.15) is 0 Å². The summed E-state index contributed by atoms with van der Waals surface area (Å²) in [6, 6.07) is 16.9. The van der Waals surface area contributed by atoms with E-state index in [1.165, 1.54) is 4.31 Å². The van der Waals surface area contributed by atoms with Crippen LogP contribution in [0.1, 0.15) is 17.5 Å². The second-order valence-corrected chi connectivity index (χ2v) is 9.07. The standard InChI is InChI=1S/C25H27NO2S/c1-3-19-26(29(27,28)25-17-13-21(2)14-18-25)24-12-8-7-11-23(20-24)16-15-22-9-5-4-6-10-22/h3-18,23-24H,1,19-20H2,2H3/b16-15+/t23-,24-/m0/s1. The average molecular weight is 406 g/mol. The van der Waals surface area contributed by atoms with E-state index >= 15 is 0 Å². The molecule has 29 heavy (non-hydrogen) atoms. The molecule has 3 nitrogen and oxygen atoms in total. The molecule has 0 heterocycles. The number of allylic oxidation sites excluding steroid dienone is 4. The minimum atomic E-state index is -3.63. The lowest BCUT2D eigenvalue weighted by molar-refractivity contribution is 0.362. The van der Waals surface area contributed by atoms with Crippen LogP contribution >= 0.6 is 0 Å². The second kappa shape index (κ2) is 9.68. The summed E-state index contributed by atoms with van der Waals surface area (Å²) in [7, 11) is -3.63. The molecule has 0 saturated heterocycles. The number of rotatable bonds is 7. The van der Waals surface area contributed by atoms with E-state index in [2.05, 4.69) is 36.9 Å². The highest BCUT2D eigenvalue weighted by Gasteiger charge is 2.30. The van der Waals surface area contributed by atoms with Crippen LogP contribution in [0.15, 0.2) is 103 Å². The third-order valence-electron chi connectivity index (χ3n) is 4.96. The summed E-state index contributed by atoms with van der Waals surface area (Å²) in [6.45, 7) is 5.99. The van der Waals surface area contributed by atoms with Gasteiger partial charge in [-0.15, -0.1) is 6.58 Å². The summed E-state index contributed by atoms with van der Waals surface area (Å²) < 4.78 is 28.2. The van der Waals surface area contributed by atoms with Crippen molar-refractivity contribution in [3.63, 3.8) is 0 Å². The van der Waals surface area contributed by atoms with Crippen LogP contribution in [0.5, 0.6) is 0 Å². The minimum Gasteiger partial charge on any atom is -0.207 e. The summed E-state index contributed by atoms with van der Waals surface area (Å²) in [6.07, 6.45) is 14.5. The van der Waals surface area contributed by atoms with Gasteiger partial charge in [-0.25, -0.2) is 8.42 Å². The van der Waals surface area contributed by atoms with Crippen LogP contribution in [0.4, 0.5) is 0 Å². The van der Waals surface area contributed by atoms with Crippen molar-refractivity contribution >= 4 is 16.1 Å². The Hall–Kier alpha value is -2.69. The first kappa shape index (κ1) is 21.0. The minimum absolute atomic E-state index is 0.135. The van der Waals surface area contributed by atoms with Gasteiger partial charge >= 0.3 is 0 Å². The lowest BCUT2D eigenvalue weighted by Gasteiger charge is -2.29. The second-order valence-electron chi connectivity index (χ2n) is 7.18. The number of sulfonamides is 1. The zero-order valence-electron chi connectivity index (χ0n) is 16.7. The molecule has 2 atom stereocenters. The molecule has 0 unspecified atom stereocenters. The van der Waals surface area contributed by atoms with E-state index in [0.717, 1.165) is 11.1 Å². The van der Waals surface area contributed by atoms with E-state index in [0.29, 0.717) is 11.3 Å². The third kappa shape index (κ3) is 5.43. The monoisotopic (exact) mass is 405 g/mol. The van der Waals surface area contributed by atoms with Crippen molar-refractivity contribution in [3.05, 3.63) is 109 Å². The summed E-state index contributed by atoms with van der Waals surface area (Å²) >= 11 is 0. The van der Waals surface area contributed by atoms with Gasteiger partial charge in [0.2, 0.25) is 10.0 Å². The molecular weight excluding hydrogens is 378 g/mol.